The number of fused-ring (bicyclic) bond motifs is 1. The fourth-order valence-electron chi connectivity index (χ4n) is 3.91. The third-order valence-electron chi connectivity index (χ3n) is 5.38. The highest BCUT2D eigenvalue weighted by molar-refractivity contribution is 5.76. The fourth-order valence-corrected chi connectivity index (χ4v) is 3.91. The minimum Gasteiger partial charge on any atom is -0.490 e. The molecule has 1 amide bonds. The Morgan fingerprint density at radius 3 is 2.81 bits per heavy atom. The Labute approximate surface area is 160 Å². The molecule has 1 unspecified atom stereocenters. The van der Waals surface area contributed by atoms with E-state index in [0.717, 1.165) is 42.7 Å². The summed E-state index contributed by atoms with van der Waals surface area (Å²) >= 11 is 0. The van der Waals surface area contributed by atoms with Crippen molar-refractivity contribution in [1.29, 1.82) is 0 Å². The summed E-state index contributed by atoms with van der Waals surface area (Å²) in [5.41, 5.74) is 2.36. The van der Waals surface area contributed by atoms with Gasteiger partial charge in [-0.05, 0) is 61.4 Å². The highest BCUT2D eigenvalue weighted by Crippen LogP contribution is 2.28. The van der Waals surface area contributed by atoms with E-state index in [0.29, 0.717) is 19.1 Å². The van der Waals surface area contributed by atoms with E-state index in [-0.39, 0.29) is 12.0 Å². The molecule has 0 aromatic heterocycles. The van der Waals surface area contributed by atoms with Crippen molar-refractivity contribution in [3.05, 3.63) is 59.7 Å². The maximum absolute atomic E-state index is 12.2. The second kappa shape index (κ2) is 8.47. The first kappa shape index (κ1) is 17.9. The average molecular weight is 365 g/mol. The van der Waals surface area contributed by atoms with Gasteiger partial charge in [-0.25, -0.2) is 0 Å². The number of rotatable bonds is 7. The monoisotopic (exact) mass is 365 g/mol. The number of nitrogens with one attached hydrogen (secondary N) is 1. The molecule has 0 bridgehead atoms. The third kappa shape index (κ3) is 4.82. The number of hydrogen-bond donors (Lipinski definition) is 1. The molecule has 1 atom stereocenters. The third-order valence-corrected chi connectivity index (χ3v) is 5.38. The summed E-state index contributed by atoms with van der Waals surface area (Å²) < 4.78 is 11.9. The maximum Gasteiger partial charge on any atom is 0.220 e. The van der Waals surface area contributed by atoms with E-state index in [1.807, 2.05) is 30.3 Å². The van der Waals surface area contributed by atoms with Crippen molar-refractivity contribution >= 4 is 5.91 Å². The molecule has 0 spiro atoms. The molecule has 4 rings (SSSR count). The van der Waals surface area contributed by atoms with Gasteiger partial charge in [0.05, 0.1) is 12.6 Å². The van der Waals surface area contributed by atoms with Crippen LogP contribution in [0, 0.1) is 0 Å². The summed E-state index contributed by atoms with van der Waals surface area (Å²) in [4.78, 5) is 12.2. The first-order valence-electron chi connectivity index (χ1n) is 10.0. The van der Waals surface area contributed by atoms with Gasteiger partial charge in [0, 0.05) is 12.8 Å². The molecule has 4 heteroatoms. The van der Waals surface area contributed by atoms with Crippen molar-refractivity contribution in [1.82, 2.24) is 5.32 Å². The minimum atomic E-state index is 0.0366. The van der Waals surface area contributed by atoms with Crippen LogP contribution < -0.4 is 14.8 Å². The number of aryl methyl sites for hydroxylation is 1. The van der Waals surface area contributed by atoms with E-state index < -0.39 is 0 Å². The highest BCUT2D eigenvalue weighted by atomic mass is 16.5. The summed E-state index contributed by atoms with van der Waals surface area (Å²) in [6.07, 6.45) is 7.29. The quantitative estimate of drug-likeness (QED) is 0.805. The lowest BCUT2D eigenvalue weighted by Gasteiger charge is -2.14. The predicted octanol–water partition coefficient (Wildman–Crippen LogP) is 4.06. The Balaban J connectivity index is 1.20. The molecule has 1 heterocycles. The van der Waals surface area contributed by atoms with Gasteiger partial charge >= 0.3 is 0 Å². The molecule has 0 saturated heterocycles. The number of amides is 1. The number of ether oxygens (including phenoxy) is 2. The van der Waals surface area contributed by atoms with E-state index in [4.69, 9.17) is 9.47 Å². The zero-order valence-electron chi connectivity index (χ0n) is 15.7. The normalized spacial score (nSPS) is 18.7. The zero-order chi connectivity index (χ0) is 18.5. The van der Waals surface area contributed by atoms with Crippen LogP contribution >= 0.6 is 0 Å². The Kier molecular flexibility index (Phi) is 5.61. The topological polar surface area (TPSA) is 47.6 Å². The molecule has 4 nitrogen and oxygen atoms in total. The lowest BCUT2D eigenvalue weighted by molar-refractivity contribution is -0.121. The van der Waals surface area contributed by atoms with Gasteiger partial charge < -0.3 is 14.8 Å². The largest absolute Gasteiger partial charge is 0.490 e. The van der Waals surface area contributed by atoms with E-state index in [1.54, 1.807) is 0 Å². The van der Waals surface area contributed by atoms with Gasteiger partial charge in [-0.15, -0.1) is 0 Å². The summed E-state index contributed by atoms with van der Waals surface area (Å²) in [5, 5.41) is 3.01. The lowest BCUT2D eigenvalue weighted by atomic mass is 10.1. The van der Waals surface area contributed by atoms with Crippen molar-refractivity contribution in [2.45, 2.75) is 57.2 Å². The number of hydrogen-bond acceptors (Lipinski definition) is 3. The van der Waals surface area contributed by atoms with Crippen LogP contribution in [0.1, 0.15) is 43.2 Å². The number of para-hydroxylation sites is 1. The number of carbonyl (C=O) groups excluding carboxylic acids is 1. The van der Waals surface area contributed by atoms with Crippen LogP contribution in [0.5, 0.6) is 11.5 Å². The van der Waals surface area contributed by atoms with E-state index in [9.17, 15) is 4.79 Å². The fraction of sp³-hybridized carbons (Fsp3) is 0.435. The standard InChI is InChI=1S/C23H27NO3/c25-23(24-16-21-15-18-7-1-4-11-22(18)27-21)13-12-17-6-5-10-20(14-17)26-19-8-2-3-9-19/h1,4-7,10-11,14,19,21H,2-3,8-9,12-13,15-16H2,(H,24,25). The summed E-state index contributed by atoms with van der Waals surface area (Å²) in [6, 6.07) is 16.2. The molecule has 2 aliphatic rings. The van der Waals surface area contributed by atoms with Crippen LogP contribution in [0.3, 0.4) is 0 Å². The summed E-state index contributed by atoms with van der Waals surface area (Å²) in [6.45, 7) is 0.554. The van der Waals surface area contributed by atoms with Gasteiger partial charge in [0.15, 0.2) is 0 Å². The molecule has 1 aliphatic heterocycles. The van der Waals surface area contributed by atoms with Crippen LogP contribution in [-0.2, 0) is 17.6 Å². The van der Waals surface area contributed by atoms with Crippen LogP contribution in [-0.4, -0.2) is 24.7 Å². The van der Waals surface area contributed by atoms with Gasteiger partial charge in [0.1, 0.15) is 17.6 Å². The molecule has 142 valence electrons. The van der Waals surface area contributed by atoms with Crippen LogP contribution in [0.2, 0.25) is 0 Å². The highest BCUT2D eigenvalue weighted by Gasteiger charge is 2.22. The Hall–Kier alpha value is -2.49. The van der Waals surface area contributed by atoms with Crippen LogP contribution in [0.4, 0.5) is 0 Å². The number of carbonyl (C=O) groups is 1. The molecule has 2 aromatic rings. The van der Waals surface area contributed by atoms with Crippen LogP contribution in [0.15, 0.2) is 48.5 Å². The molecular weight excluding hydrogens is 338 g/mol. The smallest absolute Gasteiger partial charge is 0.220 e. The van der Waals surface area contributed by atoms with Gasteiger partial charge in [-0.3, -0.25) is 4.79 Å². The maximum atomic E-state index is 12.2. The molecule has 0 radical (unpaired) electrons. The average Bonchev–Trinajstić information content (AvgIpc) is 3.34. The van der Waals surface area contributed by atoms with E-state index in [2.05, 4.69) is 23.5 Å². The SMILES string of the molecule is O=C(CCc1cccc(OC2CCCC2)c1)NCC1Cc2ccccc2O1. The van der Waals surface area contributed by atoms with Gasteiger partial charge in [0.25, 0.3) is 0 Å². The molecular formula is C23H27NO3. The van der Waals surface area contributed by atoms with Gasteiger partial charge in [-0.2, -0.15) is 0 Å². The Bertz CT molecular complexity index is 758. The van der Waals surface area contributed by atoms with E-state index >= 15 is 0 Å². The van der Waals surface area contributed by atoms with Crippen molar-refractivity contribution in [2.75, 3.05) is 6.54 Å². The predicted molar refractivity (Wildman–Crippen MR) is 105 cm³/mol. The molecule has 27 heavy (non-hydrogen) atoms. The van der Waals surface area contributed by atoms with Crippen molar-refractivity contribution < 1.29 is 14.3 Å². The summed E-state index contributed by atoms with van der Waals surface area (Å²) in [5.74, 6) is 1.93. The Morgan fingerprint density at radius 2 is 1.96 bits per heavy atom. The van der Waals surface area contributed by atoms with Gasteiger partial charge in [-0.1, -0.05) is 30.3 Å². The van der Waals surface area contributed by atoms with Crippen molar-refractivity contribution in [3.8, 4) is 11.5 Å². The summed E-state index contributed by atoms with van der Waals surface area (Å²) in [7, 11) is 0. The van der Waals surface area contributed by atoms with Gasteiger partial charge in [0.2, 0.25) is 5.91 Å². The second-order valence-corrected chi connectivity index (χ2v) is 7.53. The molecule has 1 aliphatic carbocycles. The molecule has 1 fully saturated rings. The lowest BCUT2D eigenvalue weighted by Crippen LogP contribution is -2.34. The Morgan fingerprint density at radius 1 is 1.11 bits per heavy atom. The first-order valence-corrected chi connectivity index (χ1v) is 10.0. The molecule has 1 N–H and O–H groups in total. The minimum absolute atomic E-state index is 0.0366. The molecule has 1 saturated carbocycles. The number of benzene rings is 2. The second-order valence-electron chi connectivity index (χ2n) is 7.53. The first-order chi connectivity index (χ1) is 13.3. The van der Waals surface area contributed by atoms with E-state index in [1.165, 1.54) is 18.4 Å². The van der Waals surface area contributed by atoms with Crippen molar-refractivity contribution in [3.63, 3.8) is 0 Å². The molecule has 2 aromatic carbocycles. The van der Waals surface area contributed by atoms with Crippen LogP contribution in [0.25, 0.3) is 0 Å². The van der Waals surface area contributed by atoms with Crippen molar-refractivity contribution in [2.24, 2.45) is 0 Å². The zero-order valence-corrected chi connectivity index (χ0v) is 15.7.